The number of aldehydes is 1. The van der Waals surface area contributed by atoms with Crippen LogP contribution in [0.4, 0.5) is 0 Å². The highest BCUT2D eigenvalue weighted by molar-refractivity contribution is 7.08. The lowest BCUT2D eigenvalue weighted by molar-refractivity contribution is -0.134. The van der Waals surface area contributed by atoms with Gasteiger partial charge in [-0.25, -0.2) is 0 Å². The van der Waals surface area contributed by atoms with Crippen LogP contribution in [0.1, 0.15) is 13.8 Å². The van der Waals surface area contributed by atoms with Crippen LogP contribution in [0.3, 0.4) is 0 Å². The number of carboxylic acid groups (broad SMARTS) is 1. The predicted molar refractivity (Wildman–Crippen MR) is 73.7 cm³/mol. The van der Waals surface area contributed by atoms with E-state index in [-0.39, 0.29) is 0 Å². The molecule has 94 valence electrons. The molecule has 17 heavy (non-hydrogen) atoms. The zero-order chi connectivity index (χ0) is 13.4. The Kier molecular flexibility index (Phi) is 17.9. The number of thiophene rings is 2. The van der Waals surface area contributed by atoms with Crippen molar-refractivity contribution in [3.05, 3.63) is 45.8 Å². The number of aliphatic carboxylic acids is 1. The Morgan fingerprint density at radius 1 is 1.00 bits per heavy atom. The molecule has 0 aromatic carbocycles. The summed E-state index contributed by atoms with van der Waals surface area (Å²) in [6.07, 6.45) is 0.750. The second-order valence-electron chi connectivity index (χ2n) is 2.34. The van der Waals surface area contributed by atoms with Crippen molar-refractivity contribution in [1.29, 1.82) is 0 Å². The number of rotatable bonds is 0. The summed E-state index contributed by atoms with van der Waals surface area (Å²) in [5.74, 6) is -0.833. The Morgan fingerprint density at radius 2 is 1.18 bits per heavy atom. The van der Waals surface area contributed by atoms with Crippen LogP contribution in [-0.2, 0) is 9.59 Å². The molecule has 0 spiro atoms. The second-order valence-corrected chi connectivity index (χ2v) is 3.97. The molecule has 2 heterocycles. The van der Waals surface area contributed by atoms with Crippen LogP contribution in [0.2, 0.25) is 0 Å². The van der Waals surface area contributed by atoms with Crippen molar-refractivity contribution in [2.24, 2.45) is 0 Å². The van der Waals surface area contributed by atoms with E-state index in [2.05, 4.69) is 0 Å². The first kappa shape index (κ1) is 17.9. The SMILES string of the molecule is CC(=O)O.CC=O.c1ccsc1.c1ccsc1. The van der Waals surface area contributed by atoms with Gasteiger partial charge in [0.1, 0.15) is 6.29 Å². The summed E-state index contributed by atoms with van der Waals surface area (Å²) >= 11 is 3.43. The summed E-state index contributed by atoms with van der Waals surface area (Å²) in [5.41, 5.74) is 0. The van der Waals surface area contributed by atoms with E-state index in [9.17, 15) is 0 Å². The summed E-state index contributed by atoms with van der Waals surface area (Å²) in [6.45, 7) is 2.53. The molecule has 2 aromatic rings. The normalized spacial score (nSPS) is 6.94. The van der Waals surface area contributed by atoms with Crippen LogP contribution >= 0.6 is 22.7 Å². The van der Waals surface area contributed by atoms with E-state index in [1.54, 1.807) is 22.7 Å². The standard InChI is InChI=1S/2C4H4S.C2H4O2.C2H4O/c2*1-2-4-5-3-1;1-2(3)4;1-2-3/h2*1-4H;1H3,(H,3,4);2H,1H3. The monoisotopic (exact) mass is 272 g/mol. The Labute approximate surface area is 109 Å². The predicted octanol–water partition coefficient (Wildman–Crippen LogP) is 3.79. The summed E-state index contributed by atoms with van der Waals surface area (Å²) in [7, 11) is 0. The molecule has 0 aliphatic carbocycles. The van der Waals surface area contributed by atoms with Crippen LogP contribution in [-0.4, -0.2) is 17.4 Å². The van der Waals surface area contributed by atoms with Gasteiger partial charge in [0.15, 0.2) is 0 Å². The fraction of sp³-hybridized carbons (Fsp3) is 0.167. The molecule has 3 nitrogen and oxygen atoms in total. The van der Waals surface area contributed by atoms with Crippen molar-refractivity contribution in [2.45, 2.75) is 13.8 Å². The van der Waals surface area contributed by atoms with Crippen molar-refractivity contribution < 1.29 is 14.7 Å². The summed E-state index contributed by atoms with van der Waals surface area (Å²) < 4.78 is 0. The van der Waals surface area contributed by atoms with Gasteiger partial charge in [0.25, 0.3) is 5.97 Å². The van der Waals surface area contributed by atoms with Gasteiger partial charge in [-0.2, -0.15) is 22.7 Å². The number of hydrogen-bond donors (Lipinski definition) is 1. The fourth-order valence-corrected chi connectivity index (χ4v) is 1.36. The molecular weight excluding hydrogens is 256 g/mol. The van der Waals surface area contributed by atoms with Crippen molar-refractivity contribution in [3.8, 4) is 0 Å². The molecular formula is C12H16O3S2. The van der Waals surface area contributed by atoms with E-state index in [4.69, 9.17) is 14.7 Å². The van der Waals surface area contributed by atoms with E-state index < -0.39 is 5.97 Å². The highest BCUT2D eigenvalue weighted by atomic mass is 32.1. The molecule has 0 aliphatic heterocycles. The minimum atomic E-state index is -0.833. The molecule has 1 N–H and O–H groups in total. The molecule has 0 radical (unpaired) electrons. The maximum atomic E-state index is 9.00. The van der Waals surface area contributed by atoms with Gasteiger partial charge in [-0.1, -0.05) is 24.3 Å². The Morgan fingerprint density at radius 3 is 1.24 bits per heavy atom. The van der Waals surface area contributed by atoms with Gasteiger partial charge in [-0.3, -0.25) is 4.79 Å². The highest BCUT2D eigenvalue weighted by Crippen LogP contribution is 1.92. The van der Waals surface area contributed by atoms with Crippen molar-refractivity contribution in [1.82, 2.24) is 0 Å². The third-order valence-corrected chi connectivity index (χ3v) is 2.11. The van der Waals surface area contributed by atoms with E-state index in [1.165, 1.54) is 6.92 Å². The van der Waals surface area contributed by atoms with E-state index in [1.807, 2.05) is 45.8 Å². The second kappa shape index (κ2) is 17.0. The van der Waals surface area contributed by atoms with Gasteiger partial charge in [0.2, 0.25) is 0 Å². The van der Waals surface area contributed by atoms with E-state index in [0.29, 0.717) is 0 Å². The molecule has 0 atom stereocenters. The van der Waals surface area contributed by atoms with E-state index in [0.717, 1.165) is 13.2 Å². The number of carboxylic acids is 1. The molecule has 0 fully saturated rings. The summed E-state index contributed by atoms with van der Waals surface area (Å²) in [4.78, 5) is 17.8. The maximum absolute atomic E-state index is 9.00. The smallest absolute Gasteiger partial charge is 0.300 e. The first-order chi connectivity index (χ1) is 8.15. The van der Waals surface area contributed by atoms with Gasteiger partial charge in [-0.15, -0.1) is 0 Å². The lowest BCUT2D eigenvalue weighted by atomic mass is 10.7. The first-order valence-corrected chi connectivity index (χ1v) is 6.57. The fourth-order valence-electron chi connectivity index (χ4n) is 0.454. The third-order valence-electron chi connectivity index (χ3n) is 0.851. The molecule has 2 aromatic heterocycles. The van der Waals surface area contributed by atoms with Crippen molar-refractivity contribution in [3.63, 3.8) is 0 Å². The average molecular weight is 272 g/mol. The highest BCUT2D eigenvalue weighted by Gasteiger charge is 1.65. The van der Waals surface area contributed by atoms with Gasteiger partial charge in [0, 0.05) is 6.92 Å². The molecule has 0 saturated heterocycles. The van der Waals surface area contributed by atoms with Crippen LogP contribution in [0.5, 0.6) is 0 Å². The third kappa shape index (κ3) is 31.4. The molecule has 0 amide bonds. The van der Waals surface area contributed by atoms with Gasteiger partial charge in [0.05, 0.1) is 0 Å². The maximum Gasteiger partial charge on any atom is 0.300 e. The van der Waals surface area contributed by atoms with Crippen molar-refractivity contribution in [2.75, 3.05) is 0 Å². The van der Waals surface area contributed by atoms with Crippen LogP contribution in [0.25, 0.3) is 0 Å². The van der Waals surface area contributed by atoms with Crippen molar-refractivity contribution >= 4 is 34.9 Å². The summed E-state index contributed by atoms with van der Waals surface area (Å²) in [6, 6.07) is 8.07. The molecule has 0 aliphatic rings. The van der Waals surface area contributed by atoms with Gasteiger partial charge < -0.3 is 9.90 Å². The minimum absolute atomic E-state index is 0.750. The lowest BCUT2D eigenvalue weighted by Crippen LogP contribution is -1.78. The Hall–Kier alpha value is -1.46. The number of carbonyl (C=O) groups is 2. The Bertz CT molecular complexity index is 264. The largest absolute Gasteiger partial charge is 0.481 e. The van der Waals surface area contributed by atoms with Crippen LogP contribution in [0, 0.1) is 0 Å². The van der Waals surface area contributed by atoms with E-state index >= 15 is 0 Å². The van der Waals surface area contributed by atoms with Crippen LogP contribution < -0.4 is 0 Å². The topological polar surface area (TPSA) is 54.4 Å². The summed E-state index contributed by atoms with van der Waals surface area (Å²) in [5, 5.41) is 15.6. The lowest BCUT2D eigenvalue weighted by Gasteiger charge is -1.59. The zero-order valence-corrected chi connectivity index (χ0v) is 11.4. The number of hydrogen-bond acceptors (Lipinski definition) is 4. The van der Waals surface area contributed by atoms with Crippen LogP contribution in [0.15, 0.2) is 45.8 Å². The minimum Gasteiger partial charge on any atom is -0.481 e. The first-order valence-electron chi connectivity index (χ1n) is 4.68. The molecule has 0 saturated carbocycles. The molecule has 0 bridgehead atoms. The zero-order valence-electron chi connectivity index (χ0n) is 9.78. The van der Waals surface area contributed by atoms with Gasteiger partial charge >= 0.3 is 0 Å². The molecule has 5 heteroatoms. The average Bonchev–Trinajstić information content (AvgIpc) is 2.98. The molecule has 0 unspecified atom stereocenters. The quantitative estimate of drug-likeness (QED) is 0.742. The number of carbonyl (C=O) groups excluding carboxylic acids is 1. The van der Waals surface area contributed by atoms with Gasteiger partial charge in [-0.05, 0) is 28.4 Å². The molecule has 2 rings (SSSR count). The Balaban J connectivity index is 0.